The first-order valence-corrected chi connectivity index (χ1v) is 6.86. The molecule has 3 rings (SSSR count). The highest BCUT2D eigenvalue weighted by molar-refractivity contribution is 5.62. The van der Waals surface area contributed by atoms with Crippen molar-refractivity contribution < 1.29 is 4.52 Å². The van der Waals surface area contributed by atoms with E-state index in [1.54, 1.807) is 0 Å². The molecule has 21 heavy (non-hydrogen) atoms. The summed E-state index contributed by atoms with van der Waals surface area (Å²) in [6, 6.07) is 7.76. The predicted octanol–water partition coefficient (Wildman–Crippen LogP) is 3.09. The molecule has 0 atom stereocenters. The lowest BCUT2D eigenvalue weighted by Crippen LogP contribution is -2.03. The van der Waals surface area contributed by atoms with Gasteiger partial charge in [-0.2, -0.15) is 0 Å². The molecule has 0 unspecified atom stereocenters. The number of nitrogens with two attached hydrogens (primary N) is 1. The molecule has 0 radical (unpaired) electrons. The molecule has 0 fully saturated rings. The number of imidazole rings is 1. The smallest absolute Gasteiger partial charge is 0.140 e. The molecule has 0 saturated carbocycles. The van der Waals surface area contributed by atoms with Crippen LogP contribution in [-0.4, -0.2) is 14.7 Å². The average Bonchev–Trinajstić information content (AvgIpc) is 2.96. The molecule has 0 aliphatic carbocycles. The number of anilines is 1. The van der Waals surface area contributed by atoms with Gasteiger partial charge in [-0.15, -0.1) is 0 Å². The van der Waals surface area contributed by atoms with Crippen molar-refractivity contribution in [3.8, 4) is 11.4 Å². The highest BCUT2D eigenvalue weighted by Crippen LogP contribution is 2.23. The van der Waals surface area contributed by atoms with Crippen molar-refractivity contribution in [3.63, 3.8) is 0 Å². The summed E-state index contributed by atoms with van der Waals surface area (Å²) >= 11 is 0. The number of benzene rings is 1. The third-order valence-corrected chi connectivity index (χ3v) is 3.55. The van der Waals surface area contributed by atoms with Crippen LogP contribution < -0.4 is 5.73 Å². The topological polar surface area (TPSA) is 69.9 Å². The second-order valence-corrected chi connectivity index (χ2v) is 5.26. The lowest BCUT2D eigenvalue weighted by atomic mass is 10.1. The van der Waals surface area contributed by atoms with Gasteiger partial charge in [0.15, 0.2) is 0 Å². The van der Waals surface area contributed by atoms with Crippen LogP contribution in [-0.2, 0) is 6.54 Å². The molecule has 0 aliphatic heterocycles. The van der Waals surface area contributed by atoms with E-state index in [4.69, 9.17) is 10.3 Å². The summed E-state index contributed by atoms with van der Waals surface area (Å²) in [5.74, 6) is 1.75. The summed E-state index contributed by atoms with van der Waals surface area (Å²) in [7, 11) is 0. The Bertz CT molecular complexity index is 766. The minimum Gasteiger partial charge on any atom is -0.399 e. The van der Waals surface area contributed by atoms with Crippen molar-refractivity contribution in [1.29, 1.82) is 0 Å². The van der Waals surface area contributed by atoms with Crippen molar-refractivity contribution in [3.05, 3.63) is 53.2 Å². The number of aryl methyl sites for hydroxylation is 3. The fourth-order valence-electron chi connectivity index (χ4n) is 2.47. The van der Waals surface area contributed by atoms with Crippen LogP contribution in [0.5, 0.6) is 0 Å². The van der Waals surface area contributed by atoms with Gasteiger partial charge in [-0.25, -0.2) is 4.98 Å². The molecule has 0 spiro atoms. The van der Waals surface area contributed by atoms with Crippen LogP contribution in [0.1, 0.15) is 22.7 Å². The summed E-state index contributed by atoms with van der Waals surface area (Å²) < 4.78 is 7.34. The number of hydrogen-bond donors (Lipinski definition) is 1. The summed E-state index contributed by atoms with van der Waals surface area (Å²) in [5.41, 5.74) is 10.6. The summed E-state index contributed by atoms with van der Waals surface area (Å²) in [6.07, 6.45) is 2.03. The fourth-order valence-corrected chi connectivity index (χ4v) is 2.47. The minimum atomic E-state index is 0.687. The Morgan fingerprint density at radius 1 is 1.24 bits per heavy atom. The number of nitrogens with zero attached hydrogens (tertiary/aromatic N) is 3. The molecule has 108 valence electrons. The molecule has 2 heterocycles. The van der Waals surface area contributed by atoms with Gasteiger partial charge in [0.05, 0.1) is 17.9 Å². The SMILES string of the molecule is Cc1cn(Cc2c(C)noc2C)c(-c2cccc(N)c2)n1. The minimum absolute atomic E-state index is 0.687. The van der Waals surface area contributed by atoms with Crippen LogP contribution in [0.15, 0.2) is 35.0 Å². The van der Waals surface area contributed by atoms with Gasteiger partial charge in [-0.3, -0.25) is 0 Å². The van der Waals surface area contributed by atoms with E-state index in [-0.39, 0.29) is 0 Å². The molecule has 0 aliphatic rings. The maximum absolute atomic E-state index is 5.88. The largest absolute Gasteiger partial charge is 0.399 e. The van der Waals surface area contributed by atoms with E-state index < -0.39 is 0 Å². The zero-order valence-corrected chi connectivity index (χ0v) is 12.4. The molecule has 2 aromatic heterocycles. The number of nitrogen functional groups attached to an aromatic ring is 1. The quantitative estimate of drug-likeness (QED) is 0.749. The third-order valence-electron chi connectivity index (χ3n) is 3.55. The van der Waals surface area contributed by atoms with Crippen molar-refractivity contribution in [2.75, 3.05) is 5.73 Å². The van der Waals surface area contributed by atoms with Crippen LogP contribution in [0.25, 0.3) is 11.4 Å². The molecule has 0 saturated heterocycles. The van der Waals surface area contributed by atoms with Crippen molar-refractivity contribution >= 4 is 5.69 Å². The van der Waals surface area contributed by atoms with Crippen molar-refractivity contribution in [2.45, 2.75) is 27.3 Å². The molecule has 3 aromatic rings. The highest BCUT2D eigenvalue weighted by atomic mass is 16.5. The zero-order chi connectivity index (χ0) is 15.0. The van der Waals surface area contributed by atoms with E-state index in [0.717, 1.165) is 39.8 Å². The molecule has 0 amide bonds. The maximum atomic E-state index is 5.88. The molecule has 5 nitrogen and oxygen atoms in total. The molecule has 5 heteroatoms. The fraction of sp³-hybridized carbons (Fsp3) is 0.250. The predicted molar refractivity (Wildman–Crippen MR) is 81.9 cm³/mol. The van der Waals surface area contributed by atoms with Gasteiger partial charge in [-0.05, 0) is 32.9 Å². The monoisotopic (exact) mass is 282 g/mol. The van der Waals surface area contributed by atoms with E-state index in [2.05, 4.69) is 14.7 Å². The number of hydrogen-bond acceptors (Lipinski definition) is 4. The van der Waals surface area contributed by atoms with Crippen LogP contribution in [0.4, 0.5) is 5.69 Å². The lowest BCUT2D eigenvalue weighted by Gasteiger charge is -2.08. The van der Waals surface area contributed by atoms with E-state index in [1.165, 1.54) is 0 Å². The maximum Gasteiger partial charge on any atom is 0.140 e. The molecular formula is C16H18N4O. The molecule has 0 bridgehead atoms. The first kappa shape index (κ1) is 13.4. The summed E-state index contributed by atoms with van der Waals surface area (Å²) in [4.78, 5) is 4.62. The van der Waals surface area contributed by atoms with Gasteiger partial charge in [0, 0.05) is 23.0 Å². The van der Waals surface area contributed by atoms with Gasteiger partial charge >= 0.3 is 0 Å². The van der Waals surface area contributed by atoms with Crippen LogP contribution in [0.2, 0.25) is 0 Å². The van der Waals surface area contributed by atoms with E-state index in [9.17, 15) is 0 Å². The first-order valence-electron chi connectivity index (χ1n) is 6.86. The van der Waals surface area contributed by atoms with Crippen LogP contribution in [0, 0.1) is 20.8 Å². The Labute approximate surface area is 123 Å². The Morgan fingerprint density at radius 2 is 2.05 bits per heavy atom. The van der Waals surface area contributed by atoms with Gasteiger partial charge in [-0.1, -0.05) is 17.3 Å². The Balaban J connectivity index is 2.04. The summed E-state index contributed by atoms with van der Waals surface area (Å²) in [6.45, 7) is 6.56. The van der Waals surface area contributed by atoms with Crippen molar-refractivity contribution in [1.82, 2.24) is 14.7 Å². The molecule has 1 aromatic carbocycles. The lowest BCUT2D eigenvalue weighted by molar-refractivity contribution is 0.392. The number of rotatable bonds is 3. The second kappa shape index (κ2) is 5.09. The standard InChI is InChI=1S/C16H18N4O/c1-10-8-20(9-15-11(2)19-21-12(15)3)16(18-10)13-5-4-6-14(17)7-13/h4-8H,9,17H2,1-3H3. The van der Waals surface area contributed by atoms with Gasteiger partial charge < -0.3 is 14.8 Å². The Hall–Kier alpha value is -2.56. The van der Waals surface area contributed by atoms with Crippen molar-refractivity contribution in [2.24, 2.45) is 0 Å². The molecule has 2 N–H and O–H groups in total. The highest BCUT2D eigenvalue weighted by Gasteiger charge is 2.14. The second-order valence-electron chi connectivity index (χ2n) is 5.26. The van der Waals surface area contributed by atoms with Gasteiger partial charge in [0.1, 0.15) is 11.6 Å². The Morgan fingerprint density at radius 3 is 2.71 bits per heavy atom. The average molecular weight is 282 g/mol. The van der Waals surface area contributed by atoms with E-state index in [1.807, 2.05) is 51.2 Å². The van der Waals surface area contributed by atoms with Crippen LogP contribution >= 0.6 is 0 Å². The van der Waals surface area contributed by atoms with E-state index in [0.29, 0.717) is 6.54 Å². The van der Waals surface area contributed by atoms with Crippen LogP contribution in [0.3, 0.4) is 0 Å². The van der Waals surface area contributed by atoms with E-state index >= 15 is 0 Å². The summed E-state index contributed by atoms with van der Waals surface area (Å²) in [5, 5.41) is 4.01. The normalized spacial score (nSPS) is 11.0. The third kappa shape index (κ3) is 2.54. The van der Waals surface area contributed by atoms with Gasteiger partial charge in [0.2, 0.25) is 0 Å². The zero-order valence-electron chi connectivity index (χ0n) is 12.4. The number of aromatic nitrogens is 3. The van der Waals surface area contributed by atoms with Gasteiger partial charge in [0.25, 0.3) is 0 Å². The molecular weight excluding hydrogens is 264 g/mol. The first-order chi connectivity index (χ1) is 10.0. The Kier molecular flexibility index (Phi) is 3.25.